The maximum atomic E-state index is 11.8. The quantitative estimate of drug-likeness (QED) is 0.800. The summed E-state index contributed by atoms with van der Waals surface area (Å²) in [6.45, 7) is 0.0435. The van der Waals surface area contributed by atoms with Crippen LogP contribution in [0.15, 0.2) is 17.1 Å². The van der Waals surface area contributed by atoms with Crippen LogP contribution in [-0.4, -0.2) is 17.8 Å². The summed E-state index contributed by atoms with van der Waals surface area (Å²) < 4.78 is 39.7. The molecule has 0 spiro atoms. The highest BCUT2D eigenvalue weighted by molar-refractivity contribution is 5.28. The van der Waals surface area contributed by atoms with E-state index in [4.69, 9.17) is 0 Å². The van der Waals surface area contributed by atoms with Crippen LogP contribution in [0.4, 0.5) is 13.2 Å². The Morgan fingerprint density at radius 1 is 1.50 bits per heavy atom. The molecule has 0 aliphatic rings. The summed E-state index contributed by atoms with van der Waals surface area (Å²) in [5, 5.41) is 0. The number of alkyl halides is 3. The van der Waals surface area contributed by atoms with Crippen molar-refractivity contribution in [3.63, 3.8) is 0 Å². The van der Waals surface area contributed by atoms with Crippen LogP contribution in [0, 0.1) is 6.92 Å². The predicted molar refractivity (Wildman–Crippen MR) is 43.3 cm³/mol. The van der Waals surface area contributed by atoms with Gasteiger partial charge in [0.2, 0.25) is 0 Å². The molecular weight excluding hydrogens is 199 g/mol. The molecule has 0 atom stereocenters. The third-order valence-electron chi connectivity index (χ3n) is 1.49. The number of nitrogens with one attached hydrogen (secondary N) is 1. The number of hydrogen-bond donors (Lipinski definition) is 1. The number of pyridine rings is 1. The second kappa shape index (κ2) is 3.73. The summed E-state index contributed by atoms with van der Waals surface area (Å²) in [6.07, 6.45) is -3.09. The number of H-pyrrole nitrogens is 1. The second-order valence-electron chi connectivity index (χ2n) is 2.72. The molecule has 1 aromatic rings. The topological polar surface area (TPSA) is 42.1 Å². The van der Waals surface area contributed by atoms with E-state index in [0.717, 1.165) is 0 Å². The minimum atomic E-state index is -4.44. The summed E-state index contributed by atoms with van der Waals surface area (Å²) in [5.74, 6) is -0.287. The predicted octanol–water partition coefficient (Wildman–Crippen LogP) is 1.62. The van der Waals surface area contributed by atoms with Crippen LogP contribution in [0.3, 0.4) is 0 Å². The Labute approximate surface area is 77.5 Å². The highest BCUT2D eigenvalue weighted by atomic mass is 19.4. The van der Waals surface area contributed by atoms with Crippen LogP contribution in [-0.2, 0) is 0 Å². The molecule has 0 fully saturated rings. The molecule has 0 aliphatic carbocycles. The van der Waals surface area contributed by atoms with Crippen molar-refractivity contribution in [3.8, 4) is 5.75 Å². The standard InChI is InChI=1S/C8H8F3NO2/c1-5-2-3-12-7(13)6(5)14-4-8(9,10)11/h2-3H,4H2,1H3,(H,12,13). The van der Waals surface area contributed by atoms with Gasteiger partial charge in [0.15, 0.2) is 12.4 Å². The molecule has 1 heterocycles. The van der Waals surface area contributed by atoms with Crippen molar-refractivity contribution in [1.29, 1.82) is 0 Å². The van der Waals surface area contributed by atoms with Crippen LogP contribution in [0.1, 0.15) is 5.56 Å². The lowest BCUT2D eigenvalue weighted by atomic mass is 10.3. The number of hydrogen-bond acceptors (Lipinski definition) is 2. The number of aromatic amines is 1. The first-order valence-electron chi connectivity index (χ1n) is 3.78. The van der Waals surface area contributed by atoms with Gasteiger partial charge in [0.25, 0.3) is 5.56 Å². The van der Waals surface area contributed by atoms with E-state index in [9.17, 15) is 18.0 Å². The molecule has 0 saturated heterocycles. The van der Waals surface area contributed by atoms with Crippen molar-refractivity contribution in [2.75, 3.05) is 6.61 Å². The first-order valence-corrected chi connectivity index (χ1v) is 3.78. The Balaban J connectivity index is 2.82. The largest absolute Gasteiger partial charge is 0.478 e. The van der Waals surface area contributed by atoms with Gasteiger partial charge in [0.05, 0.1) is 0 Å². The molecule has 0 amide bonds. The van der Waals surface area contributed by atoms with Crippen molar-refractivity contribution in [2.45, 2.75) is 13.1 Å². The van der Waals surface area contributed by atoms with E-state index in [1.165, 1.54) is 19.2 Å². The van der Waals surface area contributed by atoms with Crippen LogP contribution in [0.5, 0.6) is 5.75 Å². The average molecular weight is 207 g/mol. The number of aryl methyl sites for hydroxylation is 1. The van der Waals surface area contributed by atoms with E-state index < -0.39 is 18.3 Å². The SMILES string of the molecule is Cc1cc[nH]c(=O)c1OCC(F)(F)F. The van der Waals surface area contributed by atoms with Gasteiger partial charge < -0.3 is 9.72 Å². The Morgan fingerprint density at radius 3 is 2.64 bits per heavy atom. The maximum absolute atomic E-state index is 11.8. The van der Waals surface area contributed by atoms with Crippen molar-refractivity contribution in [2.24, 2.45) is 0 Å². The van der Waals surface area contributed by atoms with Gasteiger partial charge in [-0.2, -0.15) is 13.2 Å². The average Bonchev–Trinajstić information content (AvgIpc) is 2.01. The van der Waals surface area contributed by atoms with Gasteiger partial charge in [-0.15, -0.1) is 0 Å². The molecule has 0 unspecified atom stereocenters. The molecule has 0 bridgehead atoms. The molecule has 0 radical (unpaired) electrons. The van der Waals surface area contributed by atoms with Crippen LogP contribution < -0.4 is 10.3 Å². The van der Waals surface area contributed by atoms with Crippen LogP contribution in [0.2, 0.25) is 0 Å². The fourth-order valence-electron chi connectivity index (χ4n) is 0.896. The Kier molecular flexibility index (Phi) is 2.83. The van der Waals surface area contributed by atoms with Gasteiger partial charge in [0.1, 0.15) is 0 Å². The van der Waals surface area contributed by atoms with Crippen molar-refractivity contribution < 1.29 is 17.9 Å². The molecule has 6 heteroatoms. The van der Waals surface area contributed by atoms with E-state index in [1.807, 2.05) is 0 Å². The monoisotopic (exact) mass is 207 g/mol. The molecule has 14 heavy (non-hydrogen) atoms. The molecule has 3 nitrogen and oxygen atoms in total. The van der Waals surface area contributed by atoms with E-state index >= 15 is 0 Å². The fraction of sp³-hybridized carbons (Fsp3) is 0.375. The Bertz CT molecular complexity index is 370. The van der Waals surface area contributed by atoms with Gasteiger partial charge in [0, 0.05) is 6.20 Å². The minimum Gasteiger partial charge on any atom is -0.478 e. The van der Waals surface area contributed by atoms with E-state index in [2.05, 4.69) is 9.72 Å². The number of aromatic nitrogens is 1. The van der Waals surface area contributed by atoms with Gasteiger partial charge in [-0.1, -0.05) is 0 Å². The minimum absolute atomic E-state index is 0.287. The van der Waals surface area contributed by atoms with Gasteiger partial charge in [-0.3, -0.25) is 4.79 Å². The van der Waals surface area contributed by atoms with Gasteiger partial charge in [-0.25, -0.2) is 0 Å². The zero-order chi connectivity index (χ0) is 10.8. The first-order chi connectivity index (χ1) is 6.40. The molecule has 1 N–H and O–H groups in total. The normalized spacial score (nSPS) is 11.4. The molecule has 0 aromatic carbocycles. The lowest BCUT2D eigenvalue weighted by Crippen LogP contribution is -2.23. The van der Waals surface area contributed by atoms with Crippen molar-refractivity contribution >= 4 is 0 Å². The lowest BCUT2D eigenvalue weighted by molar-refractivity contribution is -0.153. The lowest BCUT2D eigenvalue weighted by Gasteiger charge is -2.09. The van der Waals surface area contributed by atoms with E-state index in [-0.39, 0.29) is 5.75 Å². The maximum Gasteiger partial charge on any atom is 0.422 e. The van der Waals surface area contributed by atoms with Crippen LogP contribution in [0.25, 0.3) is 0 Å². The third kappa shape index (κ3) is 2.79. The molecule has 1 aromatic heterocycles. The Morgan fingerprint density at radius 2 is 2.14 bits per heavy atom. The number of rotatable bonds is 2. The molecule has 78 valence electrons. The summed E-state index contributed by atoms with van der Waals surface area (Å²) in [7, 11) is 0. The fourth-order valence-corrected chi connectivity index (χ4v) is 0.896. The molecular formula is C8H8F3NO2. The number of halogens is 3. The molecule has 0 saturated carbocycles. The summed E-state index contributed by atoms with van der Waals surface area (Å²) in [4.78, 5) is 13.2. The highest BCUT2D eigenvalue weighted by Crippen LogP contribution is 2.17. The molecule has 1 rings (SSSR count). The van der Waals surface area contributed by atoms with Crippen molar-refractivity contribution in [3.05, 3.63) is 28.2 Å². The summed E-state index contributed by atoms with van der Waals surface area (Å²) >= 11 is 0. The van der Waals surface area contributed by atoms with Crippen LogP contribution >= 0.6 is 0 Å². The van der Waals surface area contributed by atoms with E-state index in [1.54, 1.807) is 0 Å². The van der Waals surface area contributed by atoms with Gasteiger partial charge in [-0.05, 0) is 18.6 Å². The van der Waals surface area contributed by atoms with Gasteiger partial charge >= 0.3 is 6.18 Å². The van der Waals surface area contributed by atoms with Crippen molar-refractivity contribution in [1.82, 2.24) is 4.98 Å². The van der Waals surface area contributed by atoms with E-state index in [0.29, 0.717) is 5.56 Å². The Hall–Kier alpha value is -1.46. The third-order valence-corrected chi connectivity index (χ3v) is 1.49. The number of ether oxygens (including phenoxy) is 1. The summed E-state index contributed by atoms with van der Waals surface area (Å²) in [6, 6.07) is 1.47. The molecule has 0 aliphatic heterocycles. The second-order valence-corrected chi connectivity index (χ2v) is 2.72. The highest BCUT2D eigenvalue weighted by Gasteiger charge is 2.29. The smallest absolute Gasteiger partial charge is 0.422 e. The zero-order valence-electron chi connectivity index (χ0n) is 7.31. The zero-order valence-corrected chi connectivity index (χ0v) is 7.31. The first kappa shape index (κ1) is 10.6. The summed E-state index contributed by atoms with van der Waals surface area (Å²) in [5.41, 5.74) is -0.285.